The summed E-state index contributed by atoms with van der Waals surface area (Å²) in [6, 6.07) is 7.02. The molecule has 112 valence electrons. The monoisotopic (exact) mass is 338 g/mol. The van der Waals surface area contributed by atoms with Crippen LogP contribution in [0.25, 0.3) is 0 Å². The molecule has 0 saturated carbocycles. The van der Waals surface area contributed by atoms with Crippen molar-refractivity contribution in [2.75, 3.05) is 25.0 Å². The molecule has 2 nitrogen and oxygen atoms in total. The van der Waals surface area contributed by atoms with Crippen LogP contribution < -0.4 is 5.32 Å². The summed E-state index contributed by atoms with van der Waals surface area (Å²) in [6.45, 7) is 10.6. The van der Waals surface area contributed by atoms with Crippen LogP contribution in [0.3, 0.4) is 0 Å². The zero-order chi connectivity index (χ0) is 14.5. The zero-order valence-corrected chi connectivity index (χ0v) is 14.5. The molecule has 0 aliphatic carbocycles. The number of nitrogens with one attached hydrogen (secondary N) is 1. The number of rotatable bonds is 5. The first-order chi connectivity index (χ1) is 9.60. The van der Waals surface area contributed by atoms with Crippen LogP contribution >= 0.6 is 15.9 Å². The lowest BCUT2D eigenvalue weighted by molar-refractivity contribution is 0.165. The summed E-state index contributed by atoms with van der Waals surface area (Å²) in [5.74, 6) is 0.762. The van der Waals surface area contributed by atoms with Gasteiger partial charge in [0.15, 0.2) is 0 Å². The maximum atomic E-state index is 3.72. The molecule has 0 bridgehead atoms. The summed E-state index contributed by atoms with van der Waals surface area (Å²) in [6.07, 6.45) is 3.96. The Bertz CT molecular complexity index is 431. The minimum absolute atomic E-state index is 0.537. The molecule has 1 saturated heterocycles. The van der Waals surface area contributed by atoms with Gasteiger partial charge in [-0.25, -0.2) is 0 Å². The fourth-order valence-electron chi connectivity index (χ4n) is 3.17. The Balaban J connectivity index is 1.95. The summed E-state index contributed by atoms with van der Waals surface area (Å²) in [4.78, 5) is 2.63. The first-order valence-corrected chi connectivity index (χ1v) is 8.64. The van der Waals surface area contributed by atoms with Crippen LogP contribution in [0.15, 0.2) is 22.7 Å². The third kappa shape index (κ3) is 4.23. The highest BCUT2D eigenvalue weighted by atomic mass is 79.9. The molecule has 1 heterocycles. The number of likely N-dealkylation sites (tertiary alicyclic amines) is 1. The average molecular weight is 339 g/mol. The van der Waals surface area contributed by atoms with Gasteiger partial charge < -0.3 is 10.2 Å². The Hall–Kier alpha value is -0.540. The van der Waals surface area contributed by atoms with Crippen LogP contribution in [0.5, 0.6) is 0 Å². The maximum Gasteiger partial charge on any atom is 0.0372 e. The molecule has 3 heteroatoms. The second-order valence-electron chi connectivity index (χ2n) is 6.10. The van der Waals surface area contributed by atoms with Crippen LogP contribution in [0.4, 0.5) is 5.69 Å². The molecule has 2 atom stereocenters. The quantitative estimate of drug-likeness (QED) is 0.838. The van der Waals surface area contributed by atoms with Gasteiger partial charge in [0, 0.05) is 22.7 Å². The topological polar surface area (TPSA) is 15.3 Å². The third-order valence-corrected chi connectivity index (χ3v) is 4.85. The van der Waals surface area contributed by atoms with Gasteiger partial charge in [0.2, 0.25) is 0 Å². The SMILES string of the molecule is CCCN1CCCC(C(C)Nc2ccc(Br)cc2C)C1. The Morgan fingerprint density at radius 2 is 2.25 bits per heavy atom. The zero-order valence-electron chi connectivity index (χ0n) is 13.0. The molecule has 0 aromatic heterocycles. The predicted molar refractivity (Wildman–Crippen MR) is 91.4 cm³/mol. The van der Waals surface area contributed by atoms with Crippen LogP contribution in [0.1, 0.15) is 38.7 Å². The largest absolute Gasteiger partial charge is 0.382 e. The second-order valence-corrected chi connectivity index (χ2v) is 7.01. The summed E-state index contributed by atoms with van der Waals surface area (Å²) in [5.41, 5.74) is 2.58. The number of hydrogen-bond acceptors (Lipinski definition) is 2. The summed E-state index contributed by atoms with van der Waals surface area (Å²) in [5, 5.41) is 3.72. The molecule has 1 aromatic carbocycles. The molecule has 1 aliphatic rings. The van der Waals surface area contributed by atoms with Gasteiger partial charge in [0.05, 0.1) is 0 Å². The van der Waals surface area contributed by atoms with Crippen molar-refractivity contribution >= 4 is 21.6 Å². The van der Waals surface area contributed by atoms with Crippen LogP contribution in [0, 0.1) is 12.8 Å². The predicted octanol–water partition coefficient (Wildman–Crippen LogP) is 4.68. The molecule has 2 unspecified atom stereocenters. The van der Waals surface area contributed by atoms with Gasteiger partial charge in [0.1, 0.15) is 0 Å². The second kappa shape index (κ2) is 7.46. The van der Waals surface area contributed by atoms with Crippen LogP contribution in [0.2, 0.25) is 0 Å². The van der Waals surface area contributed by atoms with Gasteiger partial charge in [0.25, 0.3) is 0 Å². The fourth-order valence-corrected chi connectivity index (χ4v) is 3.65. The van der Waals surface area contributed by atoms with Crippen LogP contribution in [-0.4, -0.2) is 30.6 Å². The smallest absolute Gasteiger partial charge is 0.0372 e. The van der Waals surface area contributed by atoms with E-state index in [1.807, 2.05) is 0 Å². The molecule has 0 spiro atoms. The van der Waals surface area contributed by atoms with E-state index >= 15 is 0 Å². The summed E-state index contributed by atoms with van der Waals surface area (Å²) < 4.78 is 1.15. The highest BCUT2D eigenvalue weighted by Crippen LogP contribution is 2.25. The Morgan fingerprint density at radius 1 is 1.45 bits per heavy atom. The highest BCUT2D eigenvalue weighted by molar-refractivity contribution is 9.10. The normalized spacial score (nSPS) is 21.7. The number of halogens is 1. The molecule has 20 heavy (non-hydrogen) atoms. The van der Waals surface area contributed by atoms with Crippen molar-refractivity contribution in [3.8, 4) is 0 Å². The molecule has 1 aliphatic heterocycles. The number of nitrogens with zero attached hydrogens (tertiary/aromatic N) is 1. The van der Waals surface area contributed by atoms with Crippen molar-refractivity contribution in [3.63, 3.8) is 0 Å². The van der Waals surface area contributed by atoms with Crippen molar-refractivity contribution in [3.05, 3.63) is 28.2 Å². The van der Waals surface area contributed by atoms with Crippen molar-refractivity contribution < 1.29 is 0 Å². The van der Waals surface area contributed by atoms with Gasteiger partial charge in [-0.1, -0.05) is 22.9 Å². The van der Waals surface area contributed by atoms with Crippen molar-refractivity contribution in [2.24, 2.45) is 5.92 Å². The van der Waals surface area contributed by atoms with E-state index in [0.717, 1.165) is 10.4 Å². The fraction of sp³-hybridized carbons (Fsp3) is 0.647. The molecular formula is C17H27BrN2. The first-order valence-electron chi connectivity index (χ1n) is 7.85. The number of benzene rings is 1. The summed E-state index contributed by atoms with van der Waals surface area (Å²) in [7, 11) is 0. The van der Waals surface area contributed by atoms with Gasteiger partial charge in [-0.3, -0.25) is 0 Å². The minimum Gasteiger partial charge on any atom is -0.382 e. The van der Waals surface area contributed by atoms with E-state index < -0.39 is 0 Å². The molecule has 0 radical (unpaired) electrons. The van der Waals surface area contributed by atoms with E-state index in [-0.39, 0.29) is 0 Å². The minimum atomic E-state index is 0.537. The van der Waals surface area contributed by atoms with Gasteiger partial charge in [-0.2, -0.15) is 0 Å². The van der Waals surface area contributed by atoms with E-state index in [9.17, 15) is 0 Å². The molecule has 1 N–H and O–H groups in total. The van der Waals surface area contributed by atoms with Crippen LogP contribution in [-0.2, 0) is 0 Å². The Morgan fingerprint density at radius 3 is 2.95 bits per heavy atom. The first kappa shape index (κ1) is 15.8. The highest BCUT2D eigenvalue weighted by Gasteiger charge is 2.24. The van der Waals surface area contributed by atoms with Crippen molar-refractivity contribution in [1.29, 1.82) is 0 Å². The molecule has 1 fully saturated rings. The van der Waals surface area contributed by atoms with Gasteiger partial charge in [-0.15, -0.1) is 0 Å². The van der Waals surface area contributed by atoms with Gasteiger partial charge in [-0.05, 0) is 75.9 Å². The van der Waals surface area contributed by atoms with Crippen molar-refractivity contribution in [2.45, 2.75) is 46.1 Å². The standard InChI is InChI=1S/C17H27BrN2/c1-4-9-20-10-5-6-15(12-20)14(3)19-17-8-7-16(18)11-13(17)2/h7-8,11,14-15,19H,4-6,9-10,12H2,1-3H3. The number of hydrogen-bond donors (Lipinski definition) is 1. The van der Waals surface area contributed by atoms with E-state index in [1.54, 1.807) is 0 Å². The molecule has 1 aromatic rings. The Labute approximate surface area is 132 Å². The van der Waals surface area contributed by atoms with Gasteiger partial charge >= 0.3 is 0 Å². The van der Waals surface area contributed by atoms with E-state index in [4.69, 9.17) is 0 Å². The lowest BCUT2D eigenvalue weighted by Gasteiger charge is -2.36. The molecule has 2 rings (SSSR count). The number of piperidine rings is 1. The lowest BCUT2D eigenvalue weighted by atomic mass is 9.91. The van der Waals surface area contributed by atoms with Crippen molar-refractivity contribution in [1.82, 2.24) is 4.90 Å². The summed E-state index contributed by atoms with van der Waals surface area (Å²) >= 11 is 3.53. The van der Waals surface area contributed by atoms with E-state index in [0.29, 0.717) is 6.04 Å². The Kier molecular flexibility index (Phi) is 5.91. The number of anilines is 1. The van der Waals surface area contributed by atoms with E-state index in [2.05, 4.69) is 65.1 Å². The van der Waals surface area contributed by atoms with E-state index in [1.165, 1.54) is 50.1 Å². The third-order valence-electron chi connectivity index (χ3n) is 4.36. The lowest BCUT2D eigenvalue weighted by Crippen LogP contribution is -2.42. The average Bonchev–Trinajstić information content (AvgIpc) is 2.42. The maximum absolute atomic E-state index is 3.72. The molecule has 0 amide bonds. The number of aryl methyl sites for hydroxylation is 1. The molecular weight excluding hydrogens is 312 g/mol.